The summed E-state index contributed by atoms with van der Waals surface area (Å²) >= 11 is 0. The third kappa shape index (κ3) is 3.18. The highest BCUT2D eigenvalue weighted by Gasteiger charge is 2.20. The molecule has 0 aliphatic carbocycles. The summed E-state index contributed by atoms with van der Waals surface area (Å²) in [6, 6.07) is 2.77. The lowest BCUT2D eigenvalue weighted by Gasteiger charge is -2.15. The first-order valence-corrected chi connectivity index (χ1v) is 6.76. The van der Waals surface area contributed by atoms with Crippen LogP contribution in [0.2, 0.25) is 0 Å². The predicted octanol–water partition coefficient (Wildman–Crippen LogP) is 0.545. The topological polar surface area (TPSA) is 92.4 Å². The summed E-state index contributed by atoms with van der Waals surface area (Å²) in [5, 5.41) is 8.87. The average Bonchev–Trinajstić information content (AvgIpc) is 2.22. The van der Waals surface area contributed by atoms with Gasteiger partial charge in [0.2, 0.25) is 10.0 Å². The van der Waals surface area contributed by atoms with Crippen LogP contribution < -0.4 is 10.5 Å². The van der Waals surface area contributed by atoms with Gasteiger partial charge >= 0.3 is 0 Å². The summed E-state index contributed by atoms with van der Waals surface area (Å²) in [5.74, 6) is 0. The largest absolute Gasteiger partial charge is 0.398 e. The van der Waals surface area contributed by atoms with Gasteiger partial charge in [-0.25, -0.2) is 13.1 Å². The zero-order chi connectivity index (χ0) is 13.2. The fraction of sp³-hybridized carbons (Fsp3) is 0.455. The molecule has 0 spiro atoms. The summed E-state index contributed by atoms with van der Waals surface area (Å²) in [6.45, 7) is 4.78. The number of nitrogens with one attached hydrogen (secondary N) is 1. The molecule has 0 saturated carbocycles. The highest BCUT2D eigenvalue weighted by Crippen LogP contribution is 2.22. The monoisotopic (exact) mass is 258 g/mol. The maximum absolute atomic E-state index is 12.0. The Morgan fingerprint density at radius 3 is 2.53 bits per heavy atom. The molecule has 0 aliphatic rings. The van der Waals surface area contributed by atoms with Gasteiger partial charge in [-0.15, -0.1) is 0 Å². The quantitative estimate of drug-likeness (QED) is 0.687. The Morgan fingerprint density at radius 2 is 2.00 bits per heavy atom. The van der Waals surface area contributed by atoms with Gasteiger partial charge in [-0.2, -0.15) is 0 Å². The van der Waals surface area contributed by atoms with E-state index in [1.165, 1.54) is 0 Å². The maximum Gasteiger partial charge on any atom is 0.241 e. The first-order valence-electron chi connectivity index (χ1n) is 5.28. The van der Waals surface area contributed by atoms with E-state index in [-0.39, 0.29) is 11.5 Å². The highest BCUT2D eigenvalue weighted by molar-refractivity contribution is 7.89. The van der Waals surface area contributed by atoms with E-state index < -0.39 is 16.1 Å². The van der Waals surface area contributed by atoms with Crippen LogP contribution in [0.3, 0.4) is 0 Å². The van der Waals surface area contributed by atoms with Crippen LogP contribution in [0.1, 0.15) is 18.1 Å². The Hall–Kier alpha value is -1.11. The number of aliphatic hydroxyl groups excluding tert-OH is 1. The second-order valence-electron chi connectivity index (χ2n) is 4.18. The minimum Gasteiger partial charge on any atom is -0.398 e. The molecular formula is C11H18N2O3S. The van der Waals surface area contributed by atoms with E-state index in [9.17, 15) is 8.42 Å². The minimum atomic E-state index is -3.64. The van der Waals surface area contributed by atoms with Crippen molar-refractivity contribution in [2.45, 2.75) is 31.7 Å². The average molecular weight is 258 g/mol. The SMILES string of the molecule is Cc1cc(N)c(C)c(S(=O)(=O)N[C@@H](C)CO)c1. The number of aliphatic hydroxyl groups is 1. The zero-order valence-corrected chi connectivity index (χ0v) is 11.0. The molecule has 6 heteroatoms. The molecule has 0 heterocycles. The number of aryl methyl sites for hydroxylation is 1. The van der Waals surface area contributed by atoms with Crippen molar-refractivity contribution in [1.29, 1.82) is 0 Å². The molecule has 0 aromatic heterocycles. The number of hydrogen-bond acceptors (Lipinski definition) is 4. The lowest BCUT2D eigenvalue weighted by atomic mass is 10.1. The number of hydrogen-bond donors (Lipinski definition) is 3. The van der Waals surface area contributed by atoms with Crippen LogP contribution in [0.4, 0.5) is 5.69 Å². The second kappa shape index (κ2) is 5.03. The first-order chi connectivity index (χ1) is 7.77. The Kier molecular flexibility index (Phi) is 4.13. The van der Waals surface area contributed by atoms with Gasteiger partial charge in [-0.1, -0.05) is 0 Å². The van der Waals surface area contributed by atoms with Crippen LogP contribution in [0.25, 0.3) is 0 Å². The van der Waals surface area contributed by atoms with Crippen molar-refractivity contribution >= 4 is 15.7 Å². The number of nitrogen functional groups attached to an aromatic ring is 1. The van der Waals surface area contributed by atoms with Gasteiger partial charge in [0.1, 0.15) is 0 Å². The second-order valence-corrected chi connectivity index (χ2v) is 5.86. The van der Waals surface area contributed by atoms with Crippen molar-refractivity contribution in [2.24, 2.45) is 0 Å². The Balaban J connectivity index is 3.24. The van der Waals surface area contributed by atoms with Crippen molar-refractivity contribution in [3.05, 3.63) is 23.3 Å². The van der Waals surface area contributed by atoms with Crippen molar-refractivity contribution in [2.75, 3.05) is 12.3 Å². The third-order valence-corrected chi connectivity index (χ3v) is 4.18. The highest BCUT2D eigenvalue weighted by atomic mass is 32.2. The summed E-state index contributed by atoms with van der Waals surface area (Å²) in [4.78, 5) is 0.162. The standard InChI is InChI=1S/C11H18N2O3S/c1-7-4-10(12)9(3)11(5-7)17(15,16)13-8(2)6-14/h4-5,8,13-14H,6,12H2,1-3H3/t8-/m0/s1. The van der Waals surface area contributed by atoms with Crippen LogP contribution in [-0.4, -0.2) is 26.2 Å². The smallest absolute Gasteiger partial charge is 0.241 e. The lowest BCUT2D eigenvalue weighted by molar-refractivity contribution is 0.265. The van der Waals surface area contributed by atoms with Crippen LogP contribution >= 0.6 is 0 Å². The molecule has 96 valence electrons. The predicted molar refractivity (Wildman–Crippen MR) is 67.2 cm³/mol. The summed E-state index contributed by atoms with van der Waals surface area (Å²) in [7, 11) is -3.64. The Bertz CT molecular complexity index is 512. The molecule has 5 nitrogen and oxygen atoms in total. The van der Waals surface area contributed by atoms with E-state index >= 15 is 0 Å². The van der Waals surface area contributed by atoms with Crippen LogP contribution in [-0.2, 0) is 10.0 Å². The van der Waals surface area contributed by atoms with Crippen molar-refractivity contribution in [3.63, 3.8) is 0 Å². The van der Waals surface area contributed by atoms with Gasteiger partial charge in [-0.3, -0.25) is 0 Å². The number of benzene rings is 1. The lowest BCUT2D eigenvalue weighted by Crippen LogP contribution is -2.35. The third-order valence-electron chi connectivity index (χ3n) is 2.46. The molecule has 0 radical (unpaired) electrons. The molecule has 1 aromatic carbocycles. The Labute approximate surface area is 102 Å². The fourth-order valence-electron chi connectivity index (χ4n) is 1.50. The minimum absolute atomic E-state index is 0.162. The van der Waals surface area contributed by atoms with Gasteiger partial charge in [0.15, 0.2) is 0 Å². The van der Waals surface area contributed by atoms with Crippen molar-refractivity contribution < 1.29 is 13.5 Å². The number of sulfonamides is 1. The van der Waals surface area contributed by atoms with Crippen LogP contribution in [0, 0.1) is 13.8 Å². The van der Waals surface area contributed by atoms with Crippen LogP contribution in [0.5, 0.6) is 0 Å². The van der Waals surface area contributed by atoms with Crippen molar-refractivity contribution in [3.8, 4) is 0 Å². The maximum atomic E-state index is 12.0. The van der Waals surface area contributed by atoms with E-state index in [1.807, 2.05) is 0 Å². The molecule has 0 aliphatic heterocycles. The van der Waals surface area contributed by atoms with E-state index in [2.05, 4.69) is 4.72 Å². The molecule has 1 atom stereocenters. The Morgan fingerprint density at radius 1 is 1.41 bits per heavy atom. The molecule has 0 bridgehead atoms. The molecule has 17 heavy (non-hydrogen) atoms. The fourth-order valence-corrected chi connectivity index (χ4v) is 3.09. The first kappa shape index (κ1) is 14.0. The van der Waals surface area contributed by atoms with E-state index in [4.69, 9.17) is 10.8 Å². The molecule has 0 amide bonds. The van der Waals surface area contributed by atoms with E-state index in [0.717, 1.165) is 5.56 Å². The van der Waals surface area contributed by atoms with Gasteiger partial charge < -0.3 is 10.8 Å². The normalized spacial score (nSPS) is 13.6. The molecule has 1 aromatic rings. The van der Waals surface area contributed by atoms with Gasteiger partial charge in [0, 0.05) is 11.7 Å². The molecule has 0 fully saturated rings. The summed E-state index contributed by atoms with van der Waals surface area (Å²) in [5.41, 5.74) is 7.49. The number of rotatable bonds is 4. The van der Waals surface area contributed by atoms with Crippen molar-refractivity contribution in [1.82, 2.24) is 4.72 Å². The van der Waals surface area contributed by atoms with Gasteiger partial charge in [0.05, 0.1) is 11.5 Å². The molecule has 0 saturated heterocycles. The summed E-state index contributed by atoms with van der Waals surface area (Å²) in [6.07, 6.45) is 0. The van der Waals surface area contributed by atoms with Crippen LogP contribution in [0.15, 0.2) is 17.0 Å². The number of nitrogens with two attached hydrogens (primary N) is 1. The van der Waals surface area contributed by atoms with E-state index in [0.29, 0.717) is 11.3 Å². The summed E-state index contributed by atoms with van der Waals surface area (Å²) < 4.78 is 26.5. The zero-order valence-electron chi connectivity index (χ0n) is 10.2. The molecule has 1 rings (SSSR count). The molecule has 0 unspecified atom stereocenters. The van der Waals surface area contributed by atoms with Gasteiger partial charge in [-0.05, 0) is 44.0 Å². The van der Waals surface area contributed by atoms with E-state index in [1.54, 1.807) is 32.9 Å². The number of anilines is 1. The molecule has 4 N–H and O–H groups in total. The molecular weight excluding hydrogens is 240 g/mol. The van der Waals surface area contributed by atoms with Gasteiger partial charge in [0.25, 0.3) is 0 Å².